The minimum atomic E-state index is -1.08. The van der Waals surface area contributed by atoms with Crippen LogP contribution in [-0.4, -0.2) is 34.9 Å². The number of carboxylic acid groups (broad SMARTS) is 1. The number of ether oxygens (including phenoxy) is 2. The predicted octanol–water partition coefficient (Wildman–Crippen LogP) is 1.73. The van der Waals surface area contributed by atoms with Crippen molar-refractivity contribution in [1.82, 2.24) is 4.98 Å². The van der Waals surface area contributed by atoms with Gasteiger partial charge in [-0.25, -0.2) is 9.78 Å². The molecule has 1 aromatic heterocycles. The smallest absolute Gasteiger partial charge is 0.358 e. The lowest BCUT2D eigenvalue weighted by atomic mass is 10.2. The van der Waals surface area contributed by atoms with Gasteiger partial charge in [0.05, 0.1) is 12.2 Å². The number of nitrogens with zero attached hydrogens (tertiary/aromatic N) is 1. The molecule has 5 heteroatoms. The zero-order valence-electron chi connectivity index (χ0n) is 9.63. The first-order valence-electron chi connectivity index (χ1n) is 5.63. The van der Waals surface area contributed by atoms with Crippen LogP contribution in [0.3, 0.4) is 0 Å². The van der Waals surface area contributed by atoms with Crippen molar-refractivity contribution < 1.29 is 19.4 Å². The van der Waals surface area contributed by atoms with E-state index in [4.69, 9.17) is 14.6 Å². The van der Waals surface area contributed by atoms with Gasteiger partial charge >= 0.3 is 5.97 Å². The highest BCUT2D eigenvalue weighted by molar-refractivity contribution is 5.88. The Kier molecular flexibility index (Phi) is 3.58. The van der Waals surface area contributed by atoms with Crippen molar-refractivity contribution in [2.45, 2.75) is 32.0 Å². The molecular weight excluding hydrogens is 222 g/mol. The highest BCUT2D eigenvalue weighted by Gasteiger charge is 2.23. The summed E-state index contributed by atoms with van der Waals surface area (Å²) in [4.78, 5) is 14.7. The number of aromatic nitrogens is 1. The number of hydrogen-bond donors (Lipinski definition) is 1. The SMILES string of the molecule is CC1CCC(COc2cccnc2C(=O)O)O1. The molecule has 92 valence electrons. The Labute approximate surface area is 99.4 Å². The molecule has 0 spiro atoms. The van der Waals surface area contributed by atoms with Gasteiger partial charge < -0.3 is 14.6 Å². The van der Waals surface area contributed by atoms with Gasteiger partial charge in [-0.05, 0) is 31.9 Å². The summed E-state index contributed by atoms with van der Waals surface area (Å²) in [5.74, 6) is -0.788. The van der Waals surface area contributed by atoms with Gasteiger partial charge in [-0.3, -0.25) is 0 Å². The second-order valence-electron chi connectivity index (χ2n) is 4.11. The van der Waals surface area contributed by atoms with Crippen LogP contribution in [0.25, 0.3) is 0 Å². The maximum atomic E-state index is 10.9. The van der Waals surface area contributed by atoms with Crippen LogP contribution in [0.5, 0.6) is 5.75 Å². The largest absolute Gasteiger partial charge is 0.488 e. The molecule has 0 amide bonds. The fraction of sp³-hybridized carbons (Fsp3) is 0.500. The predicted molar refractivity (Wildman–Crippen MR) is 60.3 cm³/mol. The van der Waals surface area contributed by atoms with Crippen LogP contribution < -0.4 is 4.74 Å². The van der Waals surface area contributed by atoms with E-state index in [9.17, 15) is 4.79 Å². The van der Waals surface area contributed by atoms with Crippen molar-refractivity contribution in [3.8, 4) is 5.75 Å². The fourth-order valence-corrected chi connectivity index (χ4v) is 1.86. The van der Waals surface area contributed by atoms with Gasteiger partial charge in [0, 0.05) is 6.20 Å². The molecule has 1 fully saturated rings. The van der Waals surface area contributed by atoms with Crippen molar-refractivity contribution in [1.29, 1.82) is 0 Å². The number of rotatable bonds is 4. The maximum Gasteiger partial charge on any atom is 0.358 e. The second-order valence-corrected chi connectivity index (χ2v) is 4.11. The average molecular weight is 237 g/mol. The van der Waals surface area contributed by atoms with Crippen molar-refractivity contribution >= 4 is 5.97 Å². The van der Waals surface area contributed by atoms with Gasteiger partial charge in [0.2, 0.25) is 0 Å². The summed E-state index contributed by atoms with van der Waals surface area (Å²) in [6.45, 7) is 2.39. The molecule has 0 bridgehead atoms. The molecule has 5 nitrogen and oxygen atoms in total. The van der Waals surface area contributed by atoms with E-state index < -0.39 is 5.97 Å². The molecular formula is C12H15NO4. The Morgan fingerprint density at radius 3 is 3.12 bits per heavy atom. The summed E-state index contributed by atoms with van der Waals surface area (Å²) in [5, 5.41) is 8.93. The zero-order valence-corrected chi connectivity index (χ0v) is 9.63. The van der Waals surface area contributed by atoms with Crippen LogP contribution in [0, 0.1) is 0 Å². The lowest BCUT2D eigenvalue weighted by Gasteiger charge is -2.13. The Morgan fingerprint density at radius 1 is 1.65 bits per heavy atom. The normalized spacial score (nSPS) is 23.6. The summed E-state index contributed by atoms with van der Waals surface area (Å²) in [6.07, 6.45) is 3.71. The molecule has 0 aliphatic carbocycles. The van der Waals surface area contributed by atoms with Gasteiger partial charge in [-0.1, -0.05) is 0 Å². The lowest BCUT2D eigenvalue weighted by molar-refractivity contribution is 0.0257. The monoisotopic (exact) mass is 237 g/mol. The van der Waals surface area contributed by atoms with Crippen LogP contribution in [0.1, 0.15) is 30.3 Å². The number of carbonyl (C=O) groups is 1. The topological polar surface area (TPSA) is 68.7 Å². The van der Waals surface area contributed by atoms with Crippen LogP contribution in [0.15, 0.2) is 18.3 Å². The van der Waals surface area contributed by atoms with Gasteiger partial charge in [0.15, 0.2) is 11.4 Å². The van der Waals surface area contributed by atoms with Crippen molar-refractivity contribution in [3.63, 3.8) is 0 Å². The van der Waals surface area contributed by atoms with Gasteiger partial charge in [0.1, 0.15) is 6.61 Å². The van der Waals surface area contributed by atoms with Crippen LogP contribution >= 0.6 is 0 Å². The first-order valence-corrected chi connectivity index (χ1v) is 5.63. The molecule has 0 aromatic carbocycles. The number of carboxylic acids is 1. The summed E-state index contributed by atoms with van der Waals surface area (Å²) in [6, 6.07) is 3.26. The molecule has 2 rings (SSSR count). The van der Waals surface area contributed by atoms with Gasteiger partial charge in [-0.15, -0.1) is 0 Å². The summed E-state index contributed by atoms with van der Waals surface area (Å²) in [7, 11) is 0. The van der Waals surface area contributed by atoms with E-state index in [-0.39, 0.29) is 17.9 Å². The molecule has 0 saturated carbocycles. The Balaban J connectivity index is 1.97. The van der Waals surface area contributed by atoms with E-state index in [0.29, 0.717) is 12.4 Å². The van der Waals surface area contributed by atoms with Gasteiger partial charge in [0.25, 0.3) is 0 Å². The number of aromatic carboxylic acids is 1. The standard InChI is InChI=1S/C12H15NO4/c1-8-4-5-9(17-8)7-16-10-3-2-6-13-11(10)12(14)15/h2-3,6,8-9H,4-5,7H2,1H3,(H,14,15). The van der Waals surface area contributed by atoms with Crippen molar-refractivity contribution in [2.24, 2.45) is 0 Å². The minimum Gasteiger partial charge on any atom is -0.488 e. The summed E-state index contributed by atoms with van der Waals surface area (Å²) < 4.78 is 11.1. The van der Waals surface area contributed by atoms with Crippen molar-refractivity contribution in [2.75, 3.05) is 6.61 Å². The molecule has 2 unspecified atom stereocenters. The molecule has 1 aliphatic heterocycles. The van der Waals surface area contributed by atoms with E-state index in [2.05, 4.69) is 4.98 Å². The third-order valence-electron chi connectivity index (χ3n) is 2.72. The second kappa shape index (κ2) is 5.14. The minimum absolute atomic E-state index is 0.0480. The number of hydrogen-bond acceptors (Lipinski definition) is 4. The molecule has 1 N–H and O–H groups in total. The van der Waals surface area contributed by atoms with E-state index in [1.54, 1.807) is 12.1 Å². The average Bonchev–Trinajstić information content (AvgIpc) is 2.73. The molecule has 1 aliphatic rings. The van der Waals surface area contributed by atoms with Crippen LogP contribution in [0.4, 0.5) is 0 Å². The van der Waals surface area contributed by atoms with Gasteiger partial charge in [-0.2, -0.15) is 0 Å². The third kappa shape index (κ3) is 2.94. The van der Waals surface area contributed by atoms with E-state index in [0.717, 1.165) is 12.8 Å². The van der Waals surface area contributed by atoms with E-state index in [1.165, 1.54) is 6.20 Å². The molecule has 1 saturated heterocycles. The van der Waals surface area contributed by atoms with Crippen LogP contribution in [0.2, 0.25) is 0 Å². The lowest BCUT2D eigenvalue weighted by Crippen LogP contribution is -2.19. The number of pyridine rings is 1. The van der Waals surface area contributed by atoms with E-state index in [1.807, 2.05) is 6.92 Å². The quantitative estimate of drug-likeness (QED) is 0.863. The van der Waals surface area contributed by atoms with E-state index >= 15 is 0 Å². The Bertz CT molecular complexity index is 407. The van der Waals surface area contributed by atoms with Crippen LogP contribution in [-0.2, 0) is 4.74 Å². The highest BCUT2D eigenvalue weighted by Crippen LogP contribution is 2.21. The molecule has 1 aromatic rings. The zero-order chi connectivity index (χ0) is 12.3. The third-order valence-corrected chi connectivity index (χ3v) is 2.72. The first-order chi connectivity index (χ1) is 8.16. The Morgan fingerprint density at radius 2 is 2.47 bits per heavy atom. The Hall–Kier alpha value is -1.62. The molecule has 2 atom stereocenters. The van der Waals surface area contributed by atoms with Crippen molar-refractivity contribution in [3.05, 3.63) is 24.0 Å². The molecule has 2 heterocycles. The fourth-order valence-electron chi connectivity index (χ4n) is 1.86. The summed E-state index contributed by atoms with van der Waals surface area (Å²) >= 11 is 0. The highest BCUT2D eigenvalue weighted by atomic mass is 16.5. The molecule has 0 radical (unpaired) electrons. The first kappa shape index (κ1) is 11.9. The maximum absolute atomic E-state index is 10.9. The molecule has 17 heavy (non-hydrogen) atoms. The summed E-state index contributed by atoms with van der Waals surface area (Å²) in [5.41, 5.74) is -0.0569.